The molecule has 20 heavy (non-hydrogen) atoms. The molecule has 0 fully saturated rings. The van der Waals surface area contributed by atoms with Gasteiger partial charge in [-0.1, -0.05) is 11.6 Å². The topological polar surface area (TPSA) is 87.2 Å². The molecule has 3 aromatic heterocycles. The Bertz CT molecular complexity index is 764. The van der Waals surface area contributed by atoms with Crippen LogP contribution in [-0.2, 0) is 0 Å². The molecule has 0 saturated carbocycles. The van der Waals surface area contributed by atoms with Crippen LogP contribution in [0.4, 0.5) is 0 Å². The van der Waals surface area contributed by atoms with E-state index in [0.717, 1.165) is 5.69 Å². The highest BCUT2D eigenvalue weighted by Crippen LogP contribution is 2.21. The molecule has 3 rings (SSSR count). The number of halogens is 2. The minimum atomic E-state index is 0.0316. The zero-order chi connectivity index (χ0) is 14.3. The van der Waals surface area contributed by atoms with Gasteiger partial charge in [0.25, 0.3) is 11.9 Å². The lowest BCUT2D eigenvalue weighted by molar-refractivity contribution is 0.728. The molecule has 0 spiro atoms. The van der Waals surface area contributed by atoms with Crippen LogP contribution in [0.5, 0.6) is 0 Å². The predicted octanol–water partition coefficient (Wildman–Crippen LogP) is 1.56. The molecule has 0 amide bonds. The van der Waals surface area contributed by atoms with Gasteiger partial charge in [0.2, 0.25) is 5.28 Å². The van der Waals surface area contributed by atoms with Crippen molar-refractivity contribution in [3.8, 4) is 11.9 Å². The van der Waals surface area contributed by atoms with Crippen molar-refractivity contribution >= 4 is 23.2 Å². The van der Waals surface area contributed by atoms with Crippen LogP contribution in [0.25, 0.3) is 11.9 Å². The van der Waals surface area contributed by atoms with E-state index in [1.807, 2.05) is 6.92 Å². The molecule has 0 atom stereocenters. The molecule has 8 nitrogen and oxygen atoms in total. The highest BCUT2D eigenvalue weighted by atomic mass is 35.5. The van der Waals surface area contributed by atoms with Gasteiger partial charge < -0.3 is 0 Å². The fourth-order valence-corrected chi connectivity index (χ4v) is 1.93. The Hall–Kier alpha value is -2.06. The van der Waals surface area contributed by atoms with Gasteiger partial charge in [-0.2, -0.15) is 29.8 Å². The van der Waals surface area contributed by atoms with Gasteiger partial charge in [-0.3, -0.25) is 0 Å². The van der Waals surface area contributed by atoms with E-state index in [2.05, 4.69) is 30.1 Å². The highest BCUT2D eigenvalue weighted by molar-refractivity contribution is 6.31. The summed E-state index contributed by atoms with van der Waals surface area (Å²) in [6, 6.07) is 0. The van der Waals surface area contributed by atoms with Crippen molar-refractivity contribution in [3.05, 3.63) is 34.3 Å². The predicted molar refractivity (Wildman–Crippen MR) is 71.4 cm³/mol. The second-order valence-corrected chi connectivity index (χ2v) is 4.66. The van der Waals surface area contributed by atoms with E-state index in [9.17, 15) is 0 Å². The Kier molecular flexibility index (Phi) is 3.11. The lowest BCUT2D eigenvalue weighted by Crippen LogP contribution is -2.11. The Morgan fingerprint density at radius 1 is 1.05 bits per heavy atom. The zero-order valence-electron chi connectivity index (χ0n) is 10.5. The van der Waals surface area contributed by atoms with Crippen LogP contribution in [0, 0.1) is 13.8 Å². The zero-order valence-corrected chi connectivity index (χ0v) is 12.0. The molecule has 0 unspecified atom stereocenters. The van der Waals surface area contributed by atoms with Crippen molar-refractivity contribution < 1.29 is 0 Å². The Balaban J connectivity index is 2.17. The second kappa shape index (κ2) is 4.80. The fourth-order valence-electron chi connectivity index (χ4n) is 1.66. The summed E-state index contributed by atoms with van der Waals surface area (Å²) >= 11 is 12.0. The Morgan fingerprint density at radius 3 is 2.40 bits per heavy atom. The van der Waals surface area contributed by atoms with Gasteiger partial charge in [-0.05, 0) is 25.4 Å². The van der Waals surface area contributed by atoms with Crippen LogP contribution in [0.1, 0.15) is 11.4 Å². The third-order valence-corrected chi connectivity index (χ3v) is 3.32. The molecule has 3 aromatic rings. The average molecular weight is 311 g/mol. The second-order valence-electron chi connectivity index (χ2n) is 3.94. The summed E-state index contributed by atoms with van der Waals surface area (Å²) in [5.41, 5.74) is 1.40. The van der Waals surface area contributed by atoms with E-state index in [1.165, 1.54) is 22.0 Å². The van der Waals surface area contributed by atoms with Crippen LogP contribution < -0.4 is 0 Å². The van der Waals surface area contributed by atoms with Crippen molar-refractivity contribution in [2.75, 3.05) is 0 Å². The first kappa shape index (κ1) is 12.9. The quantitative estimate of drug-likeness (QED) is 0.714. The maximum atomic E-state index is 6.11. The first-order valence-electron chi connectivity index (χ1n) is 5.55. The van der Waals surface area contributed by atoms with Crippen LogP contribution in [0.2, 0.25) is 10.3 Å². The number of aryl methyl sites for hydroxylation is 1. The Labute approximate surface area is 123 Å². The molecule has 0 saturated heterocycles. The first-order valence-corrected chi connectivity index (χ1v) is 6.30. The molecule has 0 aromatic carbocycles. The van der Waals surface area contributed by atoms with E-state index in [0.29, 0.717) is 10.7 Å². The lowest BCUT2D eigenvalue weighted by atomic mass is 10.4. The minimum absolute atomic E-state index is 0.0316. The summed E-state index contributed by atoms with van der Waals surface area (Å²) < 4.78 is 2.88. The molecule has 0 aliphatic carbocycles. The molecule has 0 N–H and O–H groups in total. The van der Waals surface area contributed by atoms with Crippen LogP contribution in [-0.4, -0.2) is 39.5 Å². The number of hydrogen-bond acceptors (Lipinski definition) is 6. The molecule has 0 bridgehead atoms. The van der Waals surface area contributed by atoms with Crippen molar-refractivity contribution in [1.82, 2.24) is 39.5 Å². The lowest BCUT2D eigenvalue weighted by Gasteiger charge is -2.05. The summed E-state index contributed by atoms with van der Waals surface area (Å²) in [4.78, 5) is 16.1. The van der Waals surface area contributed by atoms with Crippen molar-refractivity contribution in [3.63, 3.8) is 0 Å². The van der Waals surface area contributed by atoms with Crippen molar-refractivity contribution in [2.45, 2.75) is 13.8 Å². The van der Waals surface area contributed by atoms with Gasteiger partial charge in [0.1, 0.15) is 12.7 Å². The van der Waals surface area contributed by atoms with Gasteiger partial charge in [0, 0.05) is 0 Å². The van der Waals surface area contributed by atoms with E-state index in [4.69, 9.17) is 23.2 Å². The smallest absolute Gasteiger partial charge is 0.223 e. The van der Waals surface area contributed by atoms with Gasteiger partial charge in [0.15, 0.2) is 0 Å². The van der Waals surface area contributed by atoms with Gasteiger partial charge >= 0.3 is 0 Å². The third-order valence-electron chi connectivity index (χ3n) is 2.60. The molecule has 0 aliphatic rings. The van der Waals surface area contributed by atoms with E-state index >= 15 is 0 Å². The summed E-state index contributed by atoms with van der Waals surface area (Å²) in [5.74, 6) is 0.518. The monoisotopic (exact) mass is 310 g/mol. The number of aromatic nitrogens is 8. The molecule has 0 aliphatic heterocycles. The average Bonchev–Trinajstić information content (AvgIpc) is 3.03. The van der Waals surface area contributed by atoms with E-state index in [1.54, 1.807) is 6.92 Å². The molecule has 10 heteroatoms. The highest BCUT2D eigenvalue weighted by Gasteiger charge is 2.15. The normalized spacial score (nSPS) is 11.0. The number of rotatable bonds is 2. The maximum Gasteiger partial charge on any atom is 0.258 e. The molecular weight excluding hydrogens is 303 g/mol. The summed E-state index contributed by atoms with van der Waals surface area (Å²) in [7, 11) is 0. The summed E-state index contributed by atoms with van der Waals surface area (Å²) in [6.07, 6.45) is 2.83. The van der Waals surface area contributed by atoms with E-state index < -0.39 is 0 Å². The fraction of sp³-hybridized carbons (Fsp3) is 0.200. The minimum Gasteiger partial charge on any atom is -0.223 e. The molecule has 0 radical (unpaired) electrons. The largest absolute Gasteiger partial charge is 0.258 e. The number of hydrogen-bond donors (Lipinski definition) is 0. The third kappa shape index (κ3) is 2.12. The van der Waals surface area contributed by atoms with Crippen molar-refractivity contribution in [1.29, 1.82) is 0 Å². The molecular formula is C10H8Cl2N8. The van der Waals surface area contributed by atoms with E-state index in [-0.39, 0.29) is 17.2 Å². The molecule has 102 valence electrons. The van der Waals surface area contributed by atoms with Gasteiger partial charge in [-0.15, -0.1) is 0 Å². The number of nitrogens with zero attached hydrogens (tertiary/aromatic N) is 8. The van der Waals surface area contributed by atoms with Crippen LogP contribution in [0.3, 0.4) is 0 Å². The SMILES string of the molecule is Cc1nn(-c2nc(Cl)nc(-n3cncn3)n2)c(C)c1Cl. The standard InChI is InChI=1S/C10H8Cl2N8/c1-5-7(11)6(2)20(18-5)10-16-8(12)15-9(17-10)19-4-13-3-14-19/h3-4H,1-2H3. The molecule has 3 heterocycles. The first-order chi connectivity index (χ1) is 9.56. The maximum absolute atomic E-state index is 6.11. The van der Waals surface area contributed by atoms with Crippen molar-refractivity contribution in [2.24, 2.45) is 0 Å². The van der Waals surface area contributed by atoms with Gasteiger partial charge in [-0.25, -0.2) is 9.67 Å². The summed E-state index contributed by atoms with van der Waals surface area (Å²) in [5, 5.41) is 8.81. The van der Waals surface area contributed by atoms with Crippen LogP contribution >= 0.6 is 23.2 Å². The Morgan fingerprint density at radius 2 is 1.80 bits per heavy atom. The van der Waals surface area contributed by atoms with Crippen LogP contribution in [0.15, 0.2) is 12.7 Å². The van der Waals surface area contributed by atoms with Gasteiger partial charge in [0.05, 0.1) is 16.4 Å². The summed E-state index contributed by atoms with van der Waals surface area (Å²) in [6.45, 7) is 3.61.